The van der Waals surface area contributed by atoms with E-state index in [1.165, 1.54) is 4.68 Å². The van der Waals surface area contributed by atoms with Crippen molar-refractivity contribution in [1.29, 1.82) is 0 Å². The molecule has 1 aliphatic rings. The summed E-state index contributed by atoms with van der Waals surface area (Å²) in [4.78, 5) is 32.9. The van der Waals surface area contributed by atoms with Crippen LogP contribution >= 0.6 is 0 Å². The lowest BCUT2D eigenvalue weighted by molar-refractivity contribution is 0.0526. The van der Waals surface area contributed by atoms with Gasteiger partial charge < -0.3 is 9.64 Å². The van der Waals surface area contributed by atoms with Gasteiger partial charge in [-0.2, -0.15) is 4.68 Å². The van der Waals surface area contributed by atoms with Crippen molar-refractivity contribution in [2.45, 2.75) is 13.6 Å². The molecule has 4 heterocycles. The molecule has 3 aromatic rings. The van der Waals surface area contributed by atoms with Crippen molar-refractivity contribution >= 4 is 17.4 Å². The van der Waals surface area contributed by atoms with Gasteiger partial charge in [-0.3, -0.25) is 9.30 Å². The number of nitrogens with zero attached hydrogens (tertiary/aromatic N) is 6. The molecule has 0 amide bonds. The lowest BCUT2D eigenvalue weighted by atomic mass is 10.2. The number of pyridine rings is 2. The molecule has 1 saturated heterocycles. The van der Waals surface area contributed by atoms with Gasteiger partial charge in [-0.05, 0) is 31.2 Å². The molecule has 0 radical (unpaired) electrons. The maximum Gasteiger partial charge on any atom is 0.351 e. The normalized spacial score (nSPS) is 15.1. The number of hydrogen-bond acceptors (Lipinski definition) is 7. The zero-order valence-electron chi connectivity index (χ0n) is 15.7. The van der Waals surface area contributed by atoms with Crippen LogP contribution in [0.5, 0.6) is 0 Å². The summed E-state index contributed by atoms with van der Waals surface area (Å²) >= 11 is 0. The zero-order valence-corrected chi connectivity index (χ0v) is 15.7. The summed E-state index contributed by atoms with van der Waals surface area (Å²) < 4.78 is 8.02. The number of carbonyl (C=O) groups excluding carboxylic acids is 1. The summed E-state index contributed by atoms with van der Waals surface area (Å²) in [5.74, 6) is 0.474. The van der Waals surface area contributed by atoms with E-state index in [1.54, 1.807) is 29.8 Å². The second-order valence-corrected chi connectivity index (χ2v) is 6.58. The third-order valence-corrected chi connectivity index (χ3v) is 4.78. The third-order valence-electron chi connectivity index (χ3n) is 4.78. The molecular weight excluding hydrogens is 360 g/mol. The number of anilines is 1. The highest BCUT2D eigenvalue weighted by Crippen LogP contribution is 2.15. The molecule has 28 heavy (non-hydrogen) atoms. The SMILES string of the molecule is CCOC(=O)c1ccc(N2CCN(Cn3nc4ccccn4c3=O)CC2)nc1. The molecule has 1 aliphatic heterocycles. The highest BCUT2D eigenvalue weighted by molar-refractivity contribution is 5.89. The number of hydrogen-bond donors (Lipinski definition) is 0. The fraction of sp³-hybridized carbons (Fsp3) is 0.368. The van der Waals surface area contributed by atoms with E-state index in [-0.39, 0.29) is 11.7 Å². The fourth-order valence-electron chi connectivity index (χ4n) is 3.28. The van der Waals surface area contributed by atoms with Crippen molar-refractivity contribution < 1.29 is 9.53 Å². The van der Waals surface area contributed by atoms with Gasteiger partial charge in [0, 0.05) is 38.6 Å². The molecule has 4 rings (SSSR count). The third kappa shape index (κ3) is 3.61. The first-order valence-electron chi connectivity index (χ1n) is 9.30. The van der Waals surface area contributed by atoms with Crippen LogP contribution in [0.2, 0.25) is 0 Å². The van der Waals surface area contributed by atoms with Gasteiger partial charge in [0.15, 0.2) is 5.65 Å². The molecule has 0 atom stereocenters. The molecule has 0 aliphatic carbocycles. The lowest BCUT2D eigenvalue weighted by Crippen LogP contribution is -2.48. The Morgan fingerprint density at radius 3 is 2.64 bits per heavy atom. The molecule has 0 aromatic carbocycles. The van der Waals surface area contributed by atoms with Crippen molar-refractivity contribution in [3.63, 3.8) is 0 Å². The Bertz CT molecular complexity index is 1020. The number of rotatable bonds is 5. The Hall–Kier alpha value is -3.20. The van der Waals surface area contributed by atoms with Crippen molar-refractivity contribution in [1.82, 2.24) is 24.1 Å². The number of carbonyl (C=O) groups is 1. The average Bonchev–Trinajstić information content (AvgIpc) is 3.04. The quantitative estimate of drug-likeness (QED) is 0.605. The van der Waals surface area contributed by atoms with Crippen LogP contribution in [0.4, 0.5) is 5.82 Å². The highest BCUT2D eigenvalue weighted by Gasteiger charge is 2.20. The largest absolute Gasteiger partial charge is 0.462 e. The van der Waals surface area contributed by atoms with Crippen LogP contribution in [0, 0.1) is 0 Å². The summed E-state index contributed by atoms with van der Waals surface area (Å²) in [6.07, 6.45) is 3.28. The molecule has 9 heteroatoms. The summed E-state index contributed by atoms with van der Waals surface area (Å²) in [5.41, 5.74) is 0.974. The molecule has 3 aromatic heterocycles. The van der Waals surface area contributed by atoms with Gasteiger partial charge in [0.25, 0.3) is 0 Å². The van der Waals surface area contributed by atoms with Crippen molar-refractivity contribution in [3.8, 4) is 0 Å². The molecular formula is C19H22N6O3. The topological polar surface area (TPSA) is 85.0 Å². The fourth-order valence-corrected chi connectivity index (χ4v) is 3.28. The van der Waals surface area contributed by atoms with E-state index in [0.29, 0.717) is 24.5 Å². The Labute approximate surface area is 161 Å². The van der Waals surface area contributed by atoms with Crippen LogP contribution in [0.15, 0.2) is 47.5 Å². The first kappa shape index (κ1) is 18.2. The number of fused-ring (bicyclic) bond motifs is 1. The van der Waals surface area contributed by atoms with Crippen molar-refractivity contribution in [2.24, 2.45) is 0 Å². The van der Waals surface area contributed by atoms with Crippen molar-refractivity contribution in [2.75, 3.05) is 37.7 Å². The van der Waals surface area contributed by atoms with Gasteiger partial charge in [0.05, 0.1) is 18.8 Å². The molecule has 0 N–H and O–H groups in total. The Morgan fingerprint density at radius 2 is 1.96 bits per heavy atom. The summed E-state index contributed by atoms with van der Waals surface area (Å²) in [6.45, 7) is 5.74. The average molecular weight is 382 g/mol. The van der Waals surface area contributed by atoms with Crippen LogP contribution in [0.25, 0.3) is 5.65 Å². The van der Waals surface area contributed by atoms with Gasteiger partial charge in [-0.1, -0.05) is 6.07 Å². The minimum absolute atomic E-state index is 0.130. The molecule has 9 nitrogen and oxygen atoms in total. The number of piperazine rings is 1. The molecule has 0 bridgehead atoms. The van der Waals surface area contributed by atoms with E-state index < -0.39 is 0 Å². The summed E-state index contributed by atoms with van der Waals surface area (Å²) in [5, 5.41) is 4.38. The van der Waals surface area contributed by atoms with E-state index in [1.807, 2.05) is 24.3 Å². The smallest absolute Gasteiger partial charge is 0.351 e. The van der Waals surface area contributed by atoms with E-state index >= 15 is 0 Å². The van der Waals surface area contributed by atoms with E-state index in [9.17, 15) is 9.59 Å². The molecule has 0 unspecified atom stereocenters. The predicted molar refractivity (Wildman–Crippen MR) is 103 cm³/mol. The monoisotopic (exact) mass is 382 g/mol. The first-order chi connectivity index (χ1) is 13.7. The zero-order chi connectivity index (χ0) is 19.5. The lowest BCUT2D eigenvalue weighted by Gasteiger charge is -2.35. The minimum atomic E-state index is -0.357. The van der Waals surface area contributed by atoms with Crippen molar-refractivity contribution in [3.05, 3.63) is 58.8 Å². The molecule has 0 saturated carbocycles. The molecule has 1 fully saturated rings. The second kappa shape index (κ2) is 7.81. The van der Waals surface area contributed by atoms with Gasteiger partial charge in [-0.15, -0.1) is 5.10 Å². The van der Waals surface area contributed by atoms with Crippen LogP contribution in [0.3, 0.4) is 0 Å². The minimum Gasteiger partial charge on any atom is -0.462 e. The Kier molecular flexibility index (Phi) is 5.07. The molecule has 146 valence electrons. The van der Waals surface area contributed by atoms with E-state index in [4.69, 9.17) is 4.74 Å². The Balaban J connectivity index is 1.37. The van der Waals surface area contributed by atoms with Gasteiger partial charge in [0.1, 0.15) is 5.82 Å². The van der Waals surface area contributed by atoms with Crippen LogP contribution in [-0.2, 0) is 11.4 Å². The maximum absolute atomic E-state index is 12.4. The van der Waals surface area contributed by atoms with Gasteiger partial charge in [0.2, 0.25) is 0 Å². The maximum atomic E-state index is 12.4. The number of esters is 1. The van der Waals surface area contributed by atoms with Gasteiger partial charge >= 0.3 is 11.7 Å². The highest BCUT2D eigenvalue weighted by atomic mass is 16.5. The number of aromatic nitrogens is 4. The summed E-state index contributed by atoms with van der Waals surface area (Å²) in [7, 11) is 0. The van der Waals surface area contributed by atoms with Crippen LogP contribution in [-0.4, -0.2) is 62.8 Å². The van der Waals surface area contributed by atoms with E-state index in [2.05, 4.69) is 19.9 Å². The predicted octanol–water partition coefficient (Wildman–Crippen LogP) is 0.847. The van der Waals surface area contributed by atoms with E-state index in [0.717, 1.165) is 32.0 Å². The second-order valence-electron chi connectivity index (χ2n) is 6.58. The summed E-state index contributed by atoms with van der Waals surface area (Å²) in [6, 6.07) is 9.09. The first-order valence-corrected chi connectivity index (χ1v) is 9.30. The van der Waals surface area contributed by atoms with Crippen LogP contribution < -0.4 is 10.6 Å². The standard InChI is InChI=1S/C19H22N6O3/c1-2-28-18(26)15-6-7-16(20-13-15)23-11-9-22(10-12-23)14-25-19(27)24-8-4-3-5-17(24)21-25/h3-8,13H,2,9-12,14H2,1H3. The van der Waals surface area contributed by atoms with Crippen LogP contribution in [0.1, 0.15) is 17.3 Å². The van der Waals surface area contributed by atoms with Gasteiger partial charge in [-0.25, -0.2) is 14.6 Å². The number of ether oxygens (including phenoxy) is 1. The Morgan fingerprint density at radius 1 is 1.14 bits per heavy atom. The molecule has 0 spiro atoms.